The molecule has 0 saturated carbocycles. The molecule has 2 heterocycles. The number of aliphatic hydroxyl groups excluding tert-OH is 1. The number of fused-ring (bicyclic) bond motifs is 3. The Bertz CT molecular complexity index is 1060. The molecule has 7 nitrogen and oxygen atoms in total. The van der Waals surface area contributed by atoms with Gasteiger partial charge in [0.2, 0.25) is 12.0 Å². The number of aryl methyl sites for hydroxylation is 1. The van der Waals surface area contributed by atoms with E-state index in [4.69, 9.17) is 26.1 Å². The van der Waals surface area contributed by atoms with Crippen LogP contribution in [0.1, 0.15) is 18.4 Å². The van der Waals surface area contributed by atoms with Crippen molar-refractivity contribution in [2.45, 2.75) is 19.8 Å². The molecule has 1 atom stereocenters. The first-order chi connectivity index (χ1) is 14.5. The third kappa shape index (κ3) is 3.25. The second-order valence-corrected chi connectivity index (χ2v) is 7.53. The van der Waals surface area contributed by atoms with Crippen LogP contribution in [0, 0.1) is 6.92 Å². The second-order valence-electron chi connectivity index (χ2n) is 7.13. The predicted molar refractivity (Wildman–Crippen MR) is 121 cm³/mol. The highest BCUT2D eigenvalue weighted by atomic mass is 35.5. The number of hydrogen-bond acceptors (Lipinski definition) is 6. The van der Waals surface area contributed by atoms with Gasteiger partial charge in [0.25, 0.3) is 0 Å². The van der Waals surface area contributed by atoms with E-state index in [0.29, 0.717) is 29.4 Å². The molecule has 0 aromatic heterocycles. The Balaban J connectivity index is 1.94. The highest BCUT2D eigenvalue weighted by Crippen LogP contribution is 2.49. The van der Waals surface area contributed by atoms with Crippen LogP contribution < -0.4 is 19.5 Å². The van der Waals surface area contributed by atoms with Crippen molar-refractivity contribution in [3.05, 3.63) is 52.8 Å². The van der Waals surface area contributed by atoms with Gasteiger partial charge in [-0.2, -0.15) is 0 Å². The Labute approximate surface area is 180 Å². The van der Waals surface area contributed by atoms with E-state index in [1.54, 1.807) is 20.4 Å². The number of methoxy groups -OCH3 is 2. The van der Waals surface area contributed by atoms with E-state index in [0.717, 1.165) is 34.0 Å². The summed E-state index contributed by atoms with van der Waals surface area (Å²) in [6.07, 6.45) is 4.83. The Morgan fingerprint density at radius 3 is 2.63 bits per heavy atom. The number of aliphatic hydroxyl groups is 1. The van der Waals surface area contributed by atoms with Gasteiger partial charge < -0.3 is 14.6 Å². The van der Waals surface area contributed by atoms with E-state index < -0.39 is 0 Å². The van der Waals surface area contributed by atoms with Crippen molar-refractivity contribution in [1.29, 1.82) is 0 Å². The number of aliphatic imine (C=N–C) groups is 2. The van der Waals surface area contributed by atoms with Crippen molar-refractivity contribution in [3.8, 4) is 11.5 Å². The third-order valence-corrected chi connectivity index (χ3v) is 5.63. The van der Waals surface area contributed by atoms with Crippen molar-refractivity contribution >= 4 is 40.7 Å². The lowest BCUT2D eigenvalue weighted by atomic mass is 10.1. The molecule has 30 heavy (non-hydrogen) atoms. The normalized spacial score (nSPS) is 19.0. The maximum absolute atomic E-state index is 9.37. The Hall–Kier alpha value is -2.87. The first-order valence-corrected chi connectivity index (χ1v) is 10.0. The maximum Gasteiger partial charge on any atom is 0.225 e. The van der Waals surface area contributed by atoms with Gasteiger partial charge in [-0.05, 0) is 31.4 Å². The fraction of sp³-hybridized carbons (Fsp3) is 0.273. The van der Waals surface area contributed by atoms with Crippen LogP contribution in [0.3, 0.4) is 0 Å². The fourth-order valence-corrected chi connectivity index (χ4v) is 4.05. The van der Waals surface area contributed by atoms with E-state index in [2.05, 4.69) is 10.4 Å². The first-order valence-electron chi connectivity index (χ1n) is 9.66. The summed E-state index contributed by atoms with van der Waals surface area (Å²) in [5.74, 6) is 1.19. The van der Waals surface area contributed by atoms with Crippen molar-refractivity contribution in [1.82, 2.24) is 4.59 Å². The van der Waals surface area contributed by atoms with E-state index in [1.165, 1.54) is 0 Å². The molecule has 156 valence electrons. The van der Waals surface area contributed by atoms with Crippen LogP contribution in [0.4, 0.5) is 17.1 Å². The van der Waals surface area contributed by atoms with Crippen LogP contribution in [0.15, 0.2) is 52.2 Å². The monoisotopic (exact) mass is 427 g/mol. The van der Waals surface area contributed by atoms with Crippen LogP contribution >= 0.6 is 11.6 Å². The van der Waals surface area contributed by atoms with Gasteiger partial charge in [0.15, 0.2) is 17.2 Å². The lowest BCUT2D eigenvalue weighted by molar-refractivity contribution is 0.291. The minimum Gasteiger partial charge on any atom is -0.493 e. The van der Waals surface area contributed by atoms with Crippen molar-refractivity contribution in [3.63, 3.8) is 0 Å². The van der Waals surface area contributed by atoms with E-state index in [1.807, 2.05) is 43.6 Å². The lowest BCUT2D eigenvalue weighted by Gasteiger charge is -2.36. The van der Waals surface area contributed by atoms with E-state index in [-0.39, 0.29) is 11.2 Å². The number of nitrogens with zero attached hydrogens (tertiary/aromatic N) is 3. The molecule has 2 aromatic carbocycles. The smallest absolute Gasteiger partial charge is 0.225 e. The molecule has 2 aliphatic heterocycles. The molecular weight excluding hydrogens is 404 g/mol. The average molecular weight is 428 g/mol. The van der Waals surface area contributed by atoms with Crippen molar-refractivity contribution < 1.29 is 14.6 Å². The largest absolute Gasteiger partial charge is 0.493 e. The number of hydrogen-bond donors (Lipinski definition) is 2. The summed E-state index contributed by atoms with van der Waals surface area (Å²) >= 11 is 6.54. The van der Waals surface area contributed by atoms with Crippen molar-refractivity contribution in [2.75, 3.05) is 26.3 Å². The molecule has 4 rings (SSSR count). The number of rotatable bonds is 7. The summed E-state index contributed by atoms with van der Waals surface area (Å²) in [4.78, 5) is 9.35. The number of para-hydroxylation sites is 1. The number of halogens is 1. The number of ether oxygens (including phenoxy) is 2. The summed E-state index contributed by atoms with van der Waals surface area (Å²) in [6, 6.07) is 9.54. The van der Waals surface area contributed by atoms with Crippen LogP contribution in [-0.4, -0.2) is 38.0 Å². The number of allylic oxidation sites excluding steroid dienone is 1. The molecular formula is C22H24ClN4O3+. The molecule has 1 unspecified atom stereocenters. The molecule has 0 fully saturated rings. The SMILES string of the molecule is COc1cc2c(cc1OC)[N+]1(Nc3c(C)cccc3Cl)C=NC=C1C(CCCO)=N2. The van der Waals surface area contributed by atoms with Crippen molar-refractivity contribution in [2.24, 2.45) is 9.98 Å². The number of nitrogens with one attached hydrogen (secondary N) is 1. The number of benzene rings is 2. The molecule has 2 aliphatic rings. The highest BCUT2D eigenvalue weighted by Gasteiger charge is 2.47. The second kappa shape index (κ2) is 8.10. The zero-order chi connectivity index (χ0) is 21.3. The van der Waals surface area contributed by atoms with Gasteiger partial charge in [-0.25, -0.2) is 15.4 Å². The molecule has 0 radical (unpaired) electrons. The van der Waals surface area contributed by atoms with Crippen LogP contribution in [0.5, 0.6) is 11.5 Å². The van der Waals surface area contributed by atoms with E-state index >= 15 is 0 Å². The highest BCUT2D eigenvalue weighted by molar-refractivity contribution is 6.33. The predicted octanol–water partition coefficient (Wildman–Crippen LogP) is 4.74. The summed E-state index contributed by atoms with van der Waals surface area (Å²) in [5.41, 5.74) is 8.71. The van der Waals surface area contributed by atoms with Gasteiger partial charge in [0, 0.05) is 12.7 Å². The molecule has 0 amide bonds. The average Bonchev–Trinajstić information content (AvgIpc) is 3.19. The molecule has 2 aromatic rings. The molecule has 0 spiro atoms. The van der Waals surface area contributed by atoms with Crippen LogP contribution in [-0.2, 0) is 0 Å². The standard InChI is InChI=1S/C22H24ClN4O3/c1-14-6-4-7-15(23)22(14)26-27-13-24-12-19(27)16(8-5-9-28)25-17-10-20(29-2)21(30-3)11-18(17)27/h4,6-7,10-13,26,28H,5,8-9H2,1-3H3/q+1. The molecule has 0 aliphatic carbocycles. The summed E-state index contributed by atoms with van der Waals surface area (Å²) in [7, 11) is 3.20. The zero-order valence-electron chi connectivity index (χ0n) is 17.1. The first kappa shape index (κ1) is 20.4. The molecule has 2 N–H and O–H groups in total. The van der Waals surface area contributed by atoms with Gasteiger partial charge in [-0.15, -0.1) is 4.59 Å². The third-order valence-electron chi connectivity index (χ3n) is 5.31. The Morgan fingerprint density at radius 1 is 1.17 bits per heavy atom. The Kier molecular flexibility index (Phi) is 5.51. The summed E-state index contributed by atoms with van der Waals surface area (Å²) < 4.78 is 11.2. The summed E-state index contributed by atoms with van der Waals surface area (Å²) in [6.45, 7) is 2.09. The quantitative estimate of drug-likeness (QED) is 0.625. The van der Waals surface area contributed by atoms with Crippen LogP contribution in [0.2, 0.25) is 5.02 Å². The van der Waals surface area contributed by atoms with Gasteiger partial charge in [0.1, 0.15) is 17.1 Å². The Morgan fingerprint density at radius 2 is 1.93 bits per heavy atom. The topological polar surface area (TPSA) is 75.4 Å². The molecule has 8 heteroatoms. The van der Waals surface area contributed by atoms with Gasteiger partial charge in [-0.1, -0.05) is 23.7 Å². The number of quaternary nitrogens is 1. The minimum absolute atomic E-state index is 0.0863. The fourth-order valence-electron chi connectivity index (χ4n) is 3.79. The van der Waals surface area contributed by atoms with Crippen LogP contribution in [0.25, 0.3) is 0 Å². The molecule has 0 saturated heterocycles. The summed E-state index contributed by atoms with van der Waals surface area (Å²) in [5, 5.41) is 9.99. The van der Waals surface area contributed by atoms with Gasteiger partial charge in [0.05, 0.1) is 31.5 Å². The zero-order valence-corrected chi connectivity index (χ0v) is 17.9. The minimum atomic E-state index is 0.0863. The van der Waals surface area contributed by atoms with E-state index in [9.17, 15) is 5.11 Å². The van der Waals surface area contributed by atoms with Gasteiger partial charge >= 0.3 is 0 Å². The van der Waals surface area contributed by atoms with Gasteiger partial charge in [-0.3, -0.25) is 0 Å². The maximum atomic E-state index is 9.37. The number of anilines is 1. The lowest BCUT2D eigenvalue weighted by Crippen LogP contribution is -2.53. The molecule has 0 bridgehead atoms.